The molecule has 0 saturated heterocycles. The summed E-state index contributed by atoms with van der Waals surface area (Å²) >= 11 is 0. The van der Waals surface area contributed by atoms with Crippen LogP contribution < -0.4 is 0 Å². The number of benzene rings is 1. The van der Waals surface area contributed by atoms with Crippen molar-refractivity contribution < 1.29 is 40.7 Å². The first kappa shape index (κ1) is 20.0. The molecule has 0 heterocycles. The molecular formula is C15H14F6O3. The fourth-order valence-electron chi connectivity index (χ4n) is 1.99. The quantitative estimate of drug-likeness (QED) is 0.323. The highest BCUT2D eigenvalue weighted by Gasteiger charge is 2.39. The van der Waals surface area contributed by atoms with Crippen molar-refractivity contribution in [3.63, 3.8) is 0 Å². The van der Waals surface area contributed by atoms with Gasteiger partial charge in [0.15, 0.2) is 5.78 Å². The van der Waals surface area contributed by atoms with E-state index in [-0.39, 0.29) is 31.7 Å². The normalized spacial score (nSPS) is 12.1. The van der Waals surface area contributed by atoms with Gasteiger partial charge in [-0.3, -0.25) is 9.59 Å². The summed E-state index contributed by atoms with van der Waals surface area (Å²) in [5.41, 5.74) is -3.90. The van der Waals surface area contributed by atoms with Crippen molar-refractivity contribution in [2.75, 3.05) is 7.11 Å². The highest BCUT2D eigenvalue weighted by Crippen LogP contribution is 2.37. The fourth-order valence-corrected chi connectivity index (χ4v) is 1.99. The topological polar surface area (TPSA) is 43.4 Å². The van der Waals surface area contributed by atoms with Gasteiger partial charge in [0, 0.05) is 18.4 Å². The van der Waals surface area contributed by atoms with Crippen molar-refractivity contribution in [3.8, 4) is 0 Å². The molecule has 0 bridgehead atoms. The second-order valence-corrected chi connectivity index (χ2v) is 4.96. The van der Waals surface area contributed by atoms with E-state index in [4.69, 9.17) is 0 Å². The average Bonchev–Trinajstić information content (AvgIpc) is 2.48. The molecule has 0 fully saturated rings. The maximum absolute atomic E-state index is 12.9. The van der Waals surface area contributed by atoms with Gasteiger partial charge in [0.1, 0.15) is 0 Å². The lowest BCUT2D eigenvalue weighted by molar-refractivity contribution is -0.143. The lowest BCUT2D eigenvalue weighted by Gasteiger charge is -2.15. The smallest absolute Gasteiger partial charge is 0.417 e. The third-order valence-corrected chi connectivity index (χ3v) is 3.22. The Morgan fingerprint density at radius 3 is 2.04 bits per heavy atom. The molecule has 0 spiro atoms. The van der Waals surface area contributed by atoms with Crippen LogP contribution in [0.4, 0.5) is 26.3 Å². The van der Waals surface area contributed by atoms with E-state index in [1.807, 2.05) is 0 Å². The molecule has 134 valence electrons. The molecule has 0 amide bonds. The molecule has 0 saturated carbocycles. The third kappa shape index (κ3) is 5.54. The molecular weight excluding hydrogens is 342 g/mol. The van der Waals surface area contributed by atoms with Crippen LogP contribution in [0.3, 0.4) is 0 Å². The van der Waals surface area contributed by atoms with Gasteiger partial charge in [-0.1, -0.05) is 6.07 Å². The molecule has 0 radical (unpaired) electrons. The highest BCUT2D eigenvalue weighted by atomic mass is 19.4. The lowest BCUT2D eigenvalue weighted by Crippen LogP contribution is -2.16. The largest absolute Gasteiger partial charge is 0.469 e. The summed E-state index contributed by atoms with van der Waals surface area (Å²) in [4.78, 5) is 22.8. The lowest BCUT2D eigenvalue weighted by atomic mass is 9.97. The van der Waals surface area contributed by atoms with Gasteiger partial charge < -0.3 is 4.74 Å². The van der Waals surface area contributed by atoms with Crippen LogP contribution in [0.15, 0.2) is 18.2 Å². The van der Waals surface area contributed by atoms with Gasteiger partial charge in [-0.2, -0.15) is 26.3 Å². The zero-order valence-electron chi connectivity index (χ0n) is 12.6. The Kier molecular flexibility index (Phi) is 6.39. The summed E-state index contributed by atoms with van der Waals surface area (Å²) in [5.74, 6) is -1.45. The number of rotatable bonds is 6. The van der Waals surface area contributed by atoms with Crippen molar-refractivity contribution in [1.29, 1.82) is 0 Å². The first-order chi connectivity index (χ1) is 11.0. The van der Waals surface area contributed by atoms with Gasteiger partial charge in [0.2, 0.25) is 0 Å². The SMILES string of the molecule is COC(=O)CCCCC(=O)c1ccc(C(F)(F)F)cc1C(F)(F)F. The van der Waals surface area contributed by atoms with Crippen molar-refractivity contribution in [2.24, 2.45) is 0 Å². The Balaban J connectivity index is 2.94. The molecule has 0 aliphatic carbocycles. The summed E-state index contributed by atoms with van der Waals surface area (Å²) in [6, 6.07) is 0.910. The third-order valence-electron chi connectivity index (χ3n) is 3.22. The van der Waals surface area contributed by atoms with Crippen molar-refractivity contribution >= 4 is 11.8 Å². The Hall–Kier alpha value is -2.06. The van der Waals surface area contributed by atoms with E-state index < -0.39 is 40.8 Å². The second-order valence-electron chi connectivity index (χ2n) is 4.96. The van der Waals surface area contributed by atoms with E-state index in [0.29, 0.717) is 12.1 Å². The van der Waals surface area contributed by atoms with Gasteiger partial charge in [-0.15, -0.1) is 0 Å². The Morgan fingerprint density at radius 1 is 0.958 bits per heavy atom. The van der Waals surface area contributed by atoms with Crippen LogP contribution in [0.1, 0.15) is 47.2 Å². The number of ketones is 1. The molecule has 0 aromatic heterocycles. The number of hydrogen-bond donors (Lipinski definition) is 0. The zero-order chi connectivity index (χ0) is 18.5. The van der Waals surface area contributed by atoms with E-state index in [9.17, 15) is 35.9 Å². The van der Waals surface area contributed by atoms with Crippen LogP contribution in [0.25, 0.3) is 0 Å². The summed E-state index contributed by atoms with van der Waals surface area (Å²) in [6.07, 6.45) is -10.00. The first-order valence-electron chi connectivity index (χ1n) is 6.85. The van der Waals surface area contributed by atoms with Crippen molar-refractivity contribution in [1.82, 2.24) is 0 Å². The molecule has 0 aliphatic heterocycles. The van der Waals surface area contributed by atoms with Crippen LogP contribution in [0.2, 0.25) is 0 Å². The Bertz CT molecular complexity index is 604. The monoisotopic (exact) mass is 356 g/mol. The molecule has 24 heavy (non-hydrogen) atoms. The Morgan fingerprint density at radius 2 is 1.54 bits per heavy atom. The number of hydrogen-bond acceptors (Lipinski definition) is 3. The van der Waals surface area contributed by atoms with E-state index >= 15 is 0 Å². The maximum Gasteiger partial charge on any atom is 0.417 e. The Labute approximate surface area is 133 Å². The minimum Gasteiger partial charge on any atom is -0.469 e. The van der Waals surface area contributed by atoms with Crippen LogP contribution in [-0.4, -0.2) is 18.9 Å². The number of unbranched alkanes of at least 4 members (excludes halogenated alkanes) is 1. The van der Waals surface area contributed by atoms with Crippen molar-refractivity contribution in [3.05, 3.63) is 34.9 Å². The number of methoxy groups -OCH3 is 1. The molecule has 1 aromatic rings. The second kappa shape index (κ2) is 7.67. The van der Waals surface area contributed by atoms with Crippen LogP contribution in [-0.2, 0) is 21.9 Å². The number of alkyl halides is 6. The maximum atomic E-state index is 12.9. The number of ether oxygens (including phenoxy) is 1. The van der Waals surface area contributed by atoms with Crippen molar-refractivity contribution in [2.45, 2.75) is 38.0 Å². The molecule has 0 unspecified atom stereocenters. The molecule has 3 nitrogen and oxygen atoms in total. The first-order valence-corrected chi connectivity index (χ1v) is 6.85. The average molecular weight is 356 g/mol. The summed E-state index contributed by atoms with van der Waals surface area (Å²) < 4.78 is 80.8. The van der Waals surface area contributed by atoms with Crippen LogP contribution in [0.5, 0.6) is 0 Å². The van der Waals surface area contributed by atoms with E-state index in [0.717, 1.165) is 0 Å². The standard InChI is InChI=1S/C15H14F6O3/c1-24-13(23)5-3-2-4-12(22)10-7-6-9(14(16,17)18)8-11(10)15(19,20)21/h6-8H,2-5H2,1H3. The van der Waals surface area contributed by atoms with Gasteiger partial charge in [0.05, 0.1) is 18.2 Å². The summed E-state index contributed by atoms with van der Waals surface area (Å²) in [6.45, 7) is 0. The zero-order valence-corrected chi connectivity index (χ0v) is 12.6. The number of carbonyl (C=O) groups is 2. The predicted octanol–water partition coefficient (Wildman–Crippen LogP) is 4.64. The van der Waals surface area contributed by atoms with E-state index in [2.05, 4.69) is 4.74 Å². The van der Waals surface area contributed by atoms with Crippen LogP contribution in [0, 0.1) is 0 Å². The number of halogens is 6. The molecule has 0 N–H and O–H groups in total. The molecule has 0 atom stereocenters. The number of carbonyl (C=O) groups excluding carboxylic acids is 2. The minimum atomic E-state index is -5.09. The fraction of sp³-hybridized carbons (Fsp3) is 0.467. The minimum absolute atomic E-state index is 0.00290. The molecule has 1 rings (SSSR count). The van der Waals surface area contributed by atoms with E-state index in [1.54, 1.807) is 0 Å². The van der Waals surface area contributed by atoms with Gasteiger partial charge >= 0.3 is 18.3 Å². The summed E-state index contributed by atoms with van der Waals surface area (Å²) in [5, 5.41) is 0. The summed E-state index contributed by atoms with van der Waals surface area (Å²) in [7, 11) is 1.17. The van der Waals surface area contributed by atoms with E-state index in [1.165, 1.54) is 7.11 Å². The predicted molar refractivity (Wildman–Crippen MR) is 71.3 cm³/mol. The number of esters is 1. The van der Waals surface area contributed by atoms with Crippen LogP contribution >= 0.6 is 0 Å². The highest BCUT2D eigenvalue weighted by molar-refractivity contribution is 5.97. The molecule has 1 aromatic carbocycles. The number of Topliss-reactive ketones (excluding diaryl/α,β-unsaturated/α-hetero) is 1. The molecule has 9 heteroatoms. The molecule has 0 aliphatic rings. The van der Waals surface area contributed by atoms with Gasteiger partial charge in [-0.05, 0) is 25.0 Å². The van der Waals surface area contributed by atoms with Gasteiger partial charge in [0.25, 0.3) is 0 Å². The van der Waals surface area contributed by atoms with Gasteiger partial charge in [-0.25, -0.2) is 0 Å².